The molecule has 3 nitrogen and oxygen atoms in total. The van der Waals surface area contributed by atoms with Gasteiger partial charge in [0.2, 0.25) is 0 Å². The predicted molar refractivity (Wildman–Crippen MR) is 136 cm³/mol. The first-order valence-electron chi connectivity index (χ1n) is 12.8. The lowest BCUT2D eigenvalue weighted by atomic mass is 9.76. The Morgan fingerprint density at radius 3 is 1.69 bits per heavy atom. The molecular weight excluding hydrogens is 396 g/mol. The van der Waals surface area contributed by atoms with Crippen molar-refractivity contribution in [1.82, 2.24) is 0 Å². The number of Topliss-reactive ketones (excluding diaryl/α,β-unsaturated/α-hetero) is 1. The topological polar surface area (TPSA) is 54.4 Å². The third kappa shape index (κ3) is 9.08. The van der Waals surface area contributed by atoms with E-state index >= 15 is 0 Å². The molecule has 0 heterocycles. The van der Waals surface area contributed by atoms with Crippen LogP contribution in [0.5, 0.6) is 5.75 Å². The summed E-state index contributed by atoms with van der Waals surface area (Å²) in [6.45, 7) is 14.6. The van der Waals surface area contributed by atoms with E-state index in [1.807, 2.05) is 12.1 Å². The van der Waals surface area contributed by atoms with Crippen LogP contribution < -0.4 is 0 Å². The van der Waals surface area contributed by atoms with Gasteiger partial charge in [0.15, 0.2) is 0 Å². The zero-order chi connectivity index (χ0) is 24.4. The van der Waals surface area contributed by atoms with Crippen LogP contribution >= 0.6 is 0 Å². The highest BCUT2D eigenvalue weighted by atomic mass is 16.3. The quantitative estimate of drug-likeness (QED) is 0.233. The largest absolute Gasteiger partial charge is 0.507 e. The Morgan fingerprint density at radius 2 is 1.28 bits per heavy atom. The van der Waals surface area contributed by atoms with E-state index in [0.717, 1.165) is 35.8 Å². The second-order valence-electron chi connectivity index (χ2n) is 11.5. The Kier molecular flexibility index (Phi) is 11.7. The van der Waals surface area contributed by atoms with Gasteiger partial charge in [0.25, 0.3) is 0 Å². The molecule has 1 rings (SSSR count). The number of phenolic OH excluding ortho intramolecular Hbond substituents is 1. The van der Waals surface area contributed by atoms with Crippen molar-refractivity contribution < 1.29 is 14.7 Å². The summed E-state index contributed by atoms with van der Waals surface area (Å²) in [5.74, 6) is 0.0276. The lowest BCUT2D eigenvalue weighted by Crippen LogP contribution is -2.20. The minimum atomic E-state index is -0.427. The predicted octanol–water partition coefficient (Wildman–Crippen LogP) is 8.15. The number of benzene rings is 1. The van der Waals surface area contributed by atoms with E-state index in [9.17, 15) is 14.7 Å². The Hall–Kier alpha value is -1.64. The van der Waals surface area contributed by atoms with Gasteiger partial charge in [0.05, 0.1) is 0 Å². The number of carbonyl (C=O) groups is 2. The molecule has 0 fully saturated rings. The van der Waals surface area contributed by atoms with Gasteiger partial charge in [-0.05, 0) is 33.9 Å². The molecule has 1 unspecified atom stereocenters. The van der Waals surface area contributed by atoms with Crippen LogP contribution in [0, 0.1) is 0 Å². The molecule has 182 valence electrons. The van der Waals surface area contributed by atoms with Crippen molar-refractivity contribution in [3.8, 4) is 5.75 Å². The SMILES string of the molecule is CCCCCCCCCCCC(=O)C(CC=O)c1cc(C(C)(C)C)c(O)c(C(C)(C)C)c1. The molecule has 0 saturated heterocycles. The average Bonchev–Trinajstić information content (AvgIpc) is 2.69. The summed E-state index contributed by atoms with van der Waals surface area (Å²) in [6.07, 6.45) is 12.5. The van der Waals surface area contributed by atoms with Crippen molar-refractivity contribution in [1.29, 1.82) is 0 Å². The maximum absolute atomic E-state index is 13.1. The second-order valence-corrected chi connectivity index (χ2v) is 11.5. The Balaban J connectivity index is 2.89. The van der Waals surface area contributed by atoms with Crippen LogP contribution in [0.4, 0.5) is 0 Å². The summed E-state index contributed by atoms with van der Waals surface area (Å²) in [4.78, 5) is 24.6. The number of rotatable bonds is 14. The summed E-state index contributed by atoms with van der Waals surface area (Å²) in [6, 6.07) is 3.90. The summed E-state index contributed by atoms with van der Waals surface area (Å²) >= 11 is 0. The van der Waals surface area contributed by atoms with Crippen LogP contribution in [0.3, 0.4) is 0 Å². The molecule has 0 radical (unpaired) electrons. The van der Waals surface area contributed by atoms with Crippen LogP contribution in [0.1, 0.15) is 142 Å². The van der Waals surface area contributed by atoms with E-state index in [1.54, 1.807) is 0 Å². The van der Waals surface area contributed by atoms with Crippen molar-refractivity contribution in [2.45, 2.75) is 136 Å². The van der Waals surface area contributed by atoms with Crippen molar-refractivity contribution in [2.75, 3.05) is 0 Å². The average molecular weight is 445 g/mol. The number of aldehydes is 1. The summed E-state index contributed by atoms with van der Waals surface area (Å²) in [7, 11) is 0. The minimum absolute atomic E-state index is 0.144. The van der Waals surface area contributed by atoms with Gasteiger partial charge in [-0.2, -0.15) is 0 Å². The molecule has 0 amide bonds. The number of ketones is 1. The highest BCUT2D eigenvalue weighted by molar-refractivity contribution is 5.88. The van der Waals surface area contributed by atoms with Crippen LogP contribution in [0.25, 0.3) is 0 Å². The molecule has 0 spiro atoms. The Labute approximate surface area is 197 Å². The molecule has 0 aliphatic carbocycles. The summed E-state index contributed by atoms with van der Waals surface area (Å²) < 4.78 is 0. The second kappa shape index (κ2) is 13.2. The maximum atomic E-state index is 13.1. The molecule has 0 aliphatic heterocycles. The van der Waals surface area contributed by atoms with Gasteiger partial charge in [-0.1, -0.05) is 112 Å². The van der Waals surface area contributed by atoms with E-state index in [4.69, 9.17) is 0 Å². The van der Waals surface area contributed by atoms with Gasteiger partial charge in [-0.3, -0.25) is 4.79 Å². The molecule has 1 aromatic carbocycles. The highest BCUT2D eigenvalue weighted by Crippen LogP contribution is 2.41. The number of hydrogen-bond acceptors (Lipinski definition) is 3. The number of unbranched alkanes of at least 4 members (excludes halogenated alkanes) is 8. The third-order valence-corrected chi connectivity index (χ3v) is 6.40. The van der Waals surface area contributed by atoms with Gasteiger partial charge in [0.1, 0.15) is 17.8 Å². The van der Waals surface area contributed by atoms with E-state index in [0.29, 0.717) is 12.2 Å². The first-order chi connectivity index (χ1) is 14.9. The van der Waals surface area contributed by atoms with E-state index in [2.05, 4.69) is 48.5 Å². The zero-order valence-electron chi connectivity index (χ0n) is 21.9. The van der Waals surface area contributed by atoms with Crippen LogP contribution in [-0.2, 0) is 20.4 Å². The number of hydrogen-bond donors (Lipinski definition) is 1. The number of phenols is 1. The molecule has 0 aromatic heterocycles. The molecular formula is C29H48O3. The van der Waals surface area contributed by atoms with Crippen molar-refractivity contribution in [3.63, 3.8) is 0 Å². The number of carbonyl (C=O) groups excluding carboxylic acids is 2. The van der Waals surface area contributed by atoms with E-state index < -0.39 is 5.92 Å². The summed E-state index contributed by atoms with van der Waals surface area (Å²) in [5, 5.41) is 11.0. The van der Waals surface area contributed by atoms with Gasteiger partial charge < -0.3 is 9.90 Å². The van der Waals surface area contributed by atoms with E-state index in [1.165, 1.54) is 44.9 Å². The van der Waals surface area contributed by atoms with Crippen molar-refractivity contribution in [3.05, 3.63) is 28.8 Å². The molecule has 1 aromatic rings. The maximum Gasteiger partial charge on any atom is 0.140 e. The fourth-order valence-corrected chi connectivity index (χ4v) is 4.34. The lowest BCUT2D eigenvalue weighted by molar-refractivity contribution is -0.122. The minimum Gasteiger partial charge on any atom is -0.507 e. The molecule has 0 aliphatic rings. The smallest absolute Gasteiger partial charge is 0.140 e. The zero-order valence-corrected chi connectivity index (χ0v) is 21.9. The van der Waals surface area contributed by atoms with Crippen LogP contribution in [0.2, 0.25) is 0 Å². The lowest BCUT2D eigenvalue weighted by Gasteiger charge is -2.29. The van der Waals surface area contributed by atoms with E-state index in [-0.39, 0.29) is 23.0 Å². The van der Waals surface area contributed by atoms with Gasteiger partial charge in [0, 0.05) is 18.8 Å². The Morgan fingerprint density at radius 1 is 0.844 bits per heavy atom. The van der Waals surface area contributed by atoms with Crippen molar-refractivity contribution in [2.24, 2.45) is 0 Å². The number of aromatic hydroxyl groups is 1. The van der Waals surface area contributed by atoms with Crippen LogP contribution in [-0.4, -0.2) is 17.2 Å². The first kappa shape index (κ1) is 28.4. The molecule has 1 N–H and O–H groups in total. The summed E-state index contributed by atoms with van der Waals surface area (Å²) in [5.41, 5.74) is 2.03. The highest BCUT2D eigenvalue weighted by Gasteiger charge is 2.29. The first-order valence-corrected chi connectivity index (χ1v) is 12.8. The Bertz CT molecular complexity index is 684. The van der Waals surface area contributed by atoms with Gasteiger partial charge >= 0.3 is 0 Å². The third-order valence-electron chi connectivity index (χ3n) is 6.40. The standard InChI is InChI=1S/C29H48O3/c1-8-9-10-11-12-13-14-15-16-17-26(31)23(18-19-30)22-20-24(28(2,3)4)27(32)25(21-22)29(5,6)7/h19-21,23,32H,8-18H2,1-7H3. The fraction of sp³-hybridized carbons (Fsp3) is 0.724. The van der Waals surface area contributed by atoms with Crippen LogP contribution in [0.15, 0.2) is 12.1 Å². The van der Waals surface area contributed by atoms with Crippen molar-refractivity contribution >= 4 is 12.1 Å². The normalized spacial score (nSPS) is 13.2. The molecule has 32 heavy (non-hydrogen) atoms. The molecule has 1 atom stereocenters. The monoisotopic (exact) mass is 444 g/mol. The van der Waals surface area contributed by atoms with Gasteiger partial charge in [-0.25, -0.2) is 0 Å². The fourth-order valence-electron chi connectivity index (χ4n) is 4.34. The van der Waals surface area contributed by atoms with Gasteiger partial charge in [-0.15, -0.1) is 0 Å². The molecule has 3 heteroatoms. The molecule has 0 bridgehead atoms. The molecule has 0 saturated carbocycles.